The van der Waals surface area contributed by atoms with E-state index in [1.165, 1.54) is 17.7 Å². The van der Waals surface area contributed by atoms with E-state index in [2.05, 4.69) is 5.73 Å². The number of hydrogen-bond donors (Lipinski definition) is 1. The van der Waals surface area contributed by atoms with Gasteiger partial charge in [-0.15, -0.1) is 0 Å². The summed E-state index contributed by atoms with van der Waals surface area (Å²) in [5.74, 6) is 0.0450. The lowest BCUT2D eigenvalue weighted by Crippen LogP contribution is -2.50. The highest BCUT2D eigenvalue weighted by Gasteiger charge is 2.14. The first-order valence-electron chi connectivity index (χ1n) is 6.01. The van der Waals surface area contributed by atoms with Gasteiger partial charge in [-0.1, -0.05) is 35.9 Å². The van der Waals surface area contributed by atoms with Crippen LogP contribution in [0.1, 0.15) is 23.5 Å². The average molecular weight is 265 g/mol. The van der Waals surface area contributed by atoms with Crippen LogP contribution in [0.3, 0.4) is 0 Å². The predicted molar refractivity (Wildman–Crippen MR) is 72.1 cm³/mol. The van der Waals surface area contributed by atoms with Gasteiger partial charge in [0, 0.05) is 17.4 Å². The first kappa shape index (κ1) is 13.1. The van der Waals surface area contributed by atoms with Crippen LogP contribution in [-0.2, 0) is 0 Å². The molecule has 0 saturated carbocycles. The quantitative estimate of drug-likeness (QED) is 0.878. The van der Waals surface area contributed by atoms with Crippen molar-refractivity contribution in [3.05, 3.63) is 70.5 Å². The molecule has 0 aliphatic heterocycles. The van der Waals surface area contributed by atoms with Crippen LogP contribution in [0, 0.1) is 5.82 Å². The summed E-state index contributed by atoms with van der Waals surface area (Å²) in [6.45, 7) is 0.838. The summed E-state index contributed by atoms with van der Waals surface area (Å²) in [6, 6.07) is 14.5. The molecule has 0 bridgehead atoms. The summed E-state index contributed by atoms with van der Waals surface area (Å²) in [5.41, 5.74) is 6.21. The highest BCUT2D eigenvalue weighted by Crippen LogP contribution is 2.28. The van der Waals surface area contributed by atoms with Gasteiger partial charge in [-0.05, 0) is 35.4 Å². The number of benzene rings is 2. The van der Waals surface area contributed by atoms with Crippen molar-refractivity contribution in [2.75, 3.05) is 6.54 Å². The third-order valence-electron chi connectivity index (χ3n) is 3.04. The fourth-order valence-corrected chi connectivity index (χ4v) is 2.25. The highest BCUT2D eigenvalue weighted by atomic mass is 35.5. The molecule has 0 heterocycles. The molecule has 0 aromatic heterocycles. The Morgan fingerprint density at radius 1 is 0.944 bits per heavy atom. The fourth-order valence-electron chi connectivity index (χ4n) is 2.12. The number of quaternary nitrogens is 1. The standard InChI is InChI=1S/C15H15ClFN/c16-13-5-1-11(2-6-13)15(9-10-18)12-3-7-14(17)8-4-12/h1-8,15H,9-10,18H2/p+1/t15-/m1/s1. The minimum absolute atomic E-state index is 0.205. The van der Waals surface area contributed by atoms with E-state index in [4.69, 9.17) is 11.6 Å². The lowest BCUT2D eigenvalue weighted by molar-refractivity contribution is -0.368. The van der Waals surface area contributed by atoms with Crippen LogP contribution in [-0.4, -0.2) is 6.54 Å². The summed E-state index contributed by atoms with van der Waals surface area (Å²) in [6.07, 6.45) is 0.938. The van der Waals surface area contributed by atoms with Crippen molar-refractivity contribution in [2.24, 2.45) is 0 Å². The van der Waals surface area contributed by atoms with Crippen molar-refractivity contribution in [1.82, 2.24) is 0 Å². The fraction of sp³-hybridized carbons (Fsp3) is 0.200. The lowest BCUT2D eigenvalue weighted by atomic mass is 9.88. The Morgan fingerprint density at radius 3 is 1.94 bits per heavy atom. The topological polar surface area (TPSA) is 27.6 Å². The Kier molecular flexibility index (Phi) is 4.34. The minimum Gasteiger partial charge on any atom is -0.358 e. The zero-order chi connectivity index (χ0) is 13.0. The van der Waals surface area contributed by atoms with E-state index in [1.54, 1.807) is 0 Å². The first-order valence-corrected chi connectivity index (χ1v) is 6.38. The van der Waals surface area contributed by atoms with Crippen LogP contribution in [0.5, 0.6) is 0 Å². The van der Waals surface area contributed by atoms with Crippen LogP contribution >= 0.6 is 11.6 Å². The van der Waals surface area contributed by atoms with Crippen molar-refractivity contribution >= 4 is 11.6 Å². The van der Waals surface area contributed by atoms with Crippen molar-refractivity contribution in [2.45, 2.75) is 12.3 Å². The van der Waals surface area contributed by atoms with E-state index in [-0.39, 0.29) is 11.7 Å². The van der Waals surface area contributed by atoms with Gasteiger partial charge < -0.3 is 5.73 Å². The molecule has 3 N–H and O–H groups in total. The van der Waals surface area contributed by atoms with Gasteiger partial charge in [0.05, 0.1) is 6.54 Å². The maximum absolute atomic E-state index is 13.0. The molecule has 0 fully saturated rings. The summed E-state index contributed by atoms with van der Waals surface area (Å²) in [4.78, 5) is 0. The Balaban J connectivity index is 2.33. The molecule has 0 unspecified atom stereocenters. The molecular weight excluding hydrogens is 249 g/mol. The molecule has 3 heteroatoms. The van der Waals surface area contributed by atoms with Gasteiger partial charge in [0.2, 0.25) is 0 Å². The largest absolute Gasteiger partial charge is 0.358 e. The first-order chi connectivity index (χ1) is 8.70. The van der Waals surface area contributed by atoms with Gasteiger partial charge in [0.15, 0.2) is 0 Å². The van der Waals surface area contributed by atoms with E-state index >= 15 is 0 Å². The van der Waals surface area contributed by atoms with Gasteiger partial charge in [-0.25, -0.2) is 4.39 Å². The van der Waals surface area contributed by atoms with Gasteiger partial charge >= 0.3 is 0 Å². The molecule has 0 spiro atoms. The van der Waals surface area contributed by atoms with Crippen LogP contribution in [0.4, 0.5) is 4.39 Å². The Bertz CT molecular complexity index is 447. The van der Waals surface area contributed by atoms with Crippen LogP contribution in [0.15, 0.2) is 48.5 Å². The van der Waals surface area contributed by atoms with Crippen LogP contribution in [0.2, 0.25) is 5.02 Å². The number of halogens is 2. The molecule has 0 saturated heterocycles. The van der Waals surface area contributed by atoms with Crippen LogP contribution in [0.25, 0.3) is 0 Å². The second-order valence-electron chi connectivity index (χ2n) is 4.30. The molecule has 1 atom stereocenters. The second kappa shape index (κ2) is 5.98. The summed E-state index contributed by atoms with van der Waals surface area (Å²) in [7, 11) is 0. The molecule has 1 nitrogen and oxygen atoms in total. The molecule has 0 amide bonds. The molecule has 2 rings (SSSR count). The SMILES string of the molecule is [NH3+]CC[C@@H](c1ccc(F)cc1)c1ccc(Cl)cc1. The molecule has 0 aliphatic rings. The molecule has 94 valence electrons. The summed E-state index contributed by atoms with van der Waals surface area (Å²) in [5, 5.41) is 0.728. The summed E-state index contributed by atoms with van der Waals surface area (Å²) < 4.78 is 13.0. The number of rotatable bonds is 4. The maximum Gasteiger partial charge on any atom is 0.123 e. The molecule has 2 aromatic carbocycles. The second-order valence-corrected chi connectivity index (χ2v) is 4.73. The predicted octanol–water partition coefficient (Wildman–Crippen LogP) is 3.24. The third-order valence-corrected chi connectivity index (χ3v) is 3.29. The van der Waals surface area contributed by atoms with Gasteiger partial charge in [0.25, 0.3) is 0 Å². The lowest BCUT2D eigenvalue weighted by Gasteiger charge is -2.16. The Morgan fingerprint density at radius 2 is 1.44 bits per heavy atom. The van der Waals surface area contributed by atoms with E-state index in [9.17, 15) is 4.39 Å². The van der Waals surface area contributed by atoms with Gasteiger partial charge in [0.1, 0.15) is 5.82 Å². The molecule has 0 aliphatic carbocycles. The minimum atomic E-state index is -0.205. The van der Waals surface area contributed by atoms with Crippen molar-refractivity contribution in [3.63, 3.8) is 0 Å². The third kappa shape index (κ3) is 3.09. The maximum atomic E-state index is 13.0. The highest BCUT2D eigenvalue weighted by molar-refractivity contribution is 6.30. The smallest absolute Gasteiger partial charge is 0.123 e. The van der Waals surface area contributed by atoms with Gasteiger partial charge in [-0.3, -0.25) is 0 Å². The van der Waals surface area contributed by atoms with Gasteiger partial charge in [-0.2, -0.15) is 0 Å². The number of hydrogen-bond acceptors (Lipinski definition) is 0. The van der Waals surface area contributed by atoms with E-state index in [0.717, 1.165) is 23.6 Å². The van der Waals surface area contributed by atoms with Crippen molar-refractivity contribution in [1.29, 1.82) is 0 Å². The van der Waals surface area contributed by atoms with Crippen molar-refractivity contribution < 1.29 is 10.1 Å². The van der Waals surface area contributed by atoms with Crippen molar-refractivity contribution in [3.8, 4) is 0 Å². The molecular formula is C15H16ClFN+. The monoisotopic (exact) mass is 264 g/mol. The Labute approximate surface area is 111 Å². The van der Waals surface area contributed by atoms with Crippen LogP contribution < -0.4 is 5.73 Å². The molecule has 2 aromatic rings. The zero-order valence-electron chi connectivity index (χ0n) is 10.1. The average Bonchev–Trinajstić information content (AvgIpc) is 2.39. The van der Waals surface area contributed by atoms with E-state index in [1.807, 2.05) is 36.4 Å². The normalized spacial score (nSPS) is 12.4. The summed E-state index contributed by atoms with van der Waals surface area (Å²) >= 11 is 5.90. The zero-order valence-corrected chi connectivity index (χ0v) is 10.8. The molecule has 0 radical (unpaired) electrons. The Hall–Kier alpha value is -1.38. The van der Waals surface area contributed by atoms with E-state index < -0.39 is 0 Å². The molecule has 18 heavy (non-hydrogen) atoms. The van der Waals surface area contributed by atoms with E-state index in [0.29, 0.717) is 0 Å².